The van der Waals surface area contributed by atoms with E-state index in [0.29, 0.717) is 12.5 Å². The maximum atomic E-state index is 11.9. The van der Waals surface area contributed by atoms with Crippen LogP contribution in [0.15, 0.2) is 0 Å². The largest absolute Gasteiger partial charge is 0.480 e. The Labute approximate surface area is 102 Å². The quantitative estimate of drug-likeness (QED) is 0.770. The van der Waals surface area contributed by atoms with Crippen LogP contribution < -0.4 is 5.32 Å². The van der Waals surface area contributed by atoms with Gasteiger partial charge in [-0.1, -0.05) is 26.7 Å². The number of carboxylic acids is 1. The molecule has 0 aromatic carbocycles. The van der Waals surface area contributed by atoms with Crippen molar-refractivity contribution in [1.82, 2.24) is 10.2 Å². The van der Waals surface area contributed by atoms with Gasteiger partial charge in [-0.25, -0.2) is 4.79 Å². The van der Waals surface area contributed by atoms with Gasteiger partial charge in [0, 0.05) is 12.6 Å². The second-order valence-electron chi connectivity index (χ2n) is 5.04. The monoisotopic (exact) mass is 242 g/mol. The fraction of sp³-hybridized carbons (Fsp3) is 0.833. The lowest BCUT2D eigenvalue weighted by atomic mass is 10.1. The standard InChI is InChI=1S/C12H22N2O3/c1-9(2)8-14(10-5-3-4-6-10)12(17)13-7-11(15)16/h9-10H,3-8H2,1-2H3,(H,13,17)(H,15,16). The van der Waals surface area contributed by atoms with Crippen LogP contribution in [0.4, 0.5) is 4.79 Å². The van der Waals surface area contributed by atoms with Crippen molar-refractivity contribution in [3.8, 4) is 0 Å². The normalized spacial score (nSPS) is 16.2. The Morgan fingerprint density at radius 1 is 1.35 bits per heavy atom. The van der Waals surface area contributed by atoms with Crippen LogP contribution in [0.3, 0.4) is 0 Å². The van der Waals surface area contributed by atoms with Gasteiger partial charge in [0.15, 0.2) is 0 Å². The van der Waals surface area contributed by atoms with Crippen molar-refractivity contribution in [3.63, 3.8) is 0 Å². The van der Waals surface area contributed by atoms with Crippen LogP contribution in [0, 0.1) is 5.92 Å². The highest BCUT2D eigenvalue weighted by atomic mass is 16.4. The SMILES string of the molecule is CC(C)CN(C(=O)NCC(=O)O)C1CCCC1. The fourth-order valence-electron chi connectivity index (χ4n) is 2.26. The fourth-order valence-corrected chi connectivity index (χ4v) is 2.26. The predicted molar refractivity (Wildman–Crippen MR) is 64.8 cm³/mol. The summed E-state index contributed by atoms with van der Waals surface area (Å²) in [7, 11) is 0. The Balaban J connectivity index is 2.54. The van der Waals surface area contributed by atoms with E-state index in [9.17, 15) is 9.59 Å². The zero-order chi connectivity index (χ0) is 12.8. The molecule has 1 fully saturated rings. The third kappa shape index (κ3) is 4.63. The van der Waals surface area contributed by atoms with Crippen molar-refractivity contribution in [2.75, 3.05) is 13.1 Å². The second-order valence-corrected chi connectivity index (χ2v) is 5.04. The van der Waals surface area contributed by atoms with Crippen LogP contribution in [-0.4, -0.2) is 41.1 Å². The van der Waals surface area contributed by atoms with E-state index in [-0.39, 0.29) is 18.6 Å². The van der Waals surface area contributed by atoms with Crippen molar-refractivity contribution in [1.29, 1.82) is 0 Å². The smallest absolute Gasteiger partial charge is 0.323 e. The minimum Gasteiger partial charge on any atom is -0.480 e. The summed E-state index contributed by atoms with van der Waals surface area (Å²) in [5, 5.41) is 11.0. The van der Waals surface area contributed by atoms with E-state index in [1.807, 2.05) is 0 Å². The molecule has 1 aliphatic rings. The molecule has 5 nitrogen and oxygen atoms in total. The number of nitrogens with zero attached hydrogens (tertiary/aromatic N) is 1. The highest BCUT2D eigenvalue weighted by Gasteiger charge is 2.27. The van der Waals surface area contributed by atoms with Gasteiger partial charge in [0.25, 0.3) is 0 Å². The lowest BCUT2D eigenvalue weighted by Crippen LogP contribution is -2.48. The van der Waals surface area contributed by atoms with E-state index in [2.05, 4.69) is 19.2 Å². The van der Waals surface area contributed by atoms with Crippen LogP contribution in [0.25, 0.3) is 0 Å². The summed E-state index contributed by atoms with van der Waals surface area (Å²) in [5.74, 6) is -0.611. The summed E-state index contributed by atoms with van der Waals surface area (Å²) in [6, 6.07) is 0.0409. The van der Waals surface area contributed by atoms with Gasteiger partial charge in [0.1, 0.15) is 6.54 Å². The third-order valence-corrected chi connectivity index (χ3v) is 2.98. The number of carboxylic acid groups (broad SMARTS) is 1. The highest BCUT2D eigenvalue weighted by Crippen LogP contribution is 2.24. The molecule has 0 radical (unpaired) electrons. The molecule has 2 amide bonds. The first-order valence-electron chi connectivity index (χ1n) is 6.27. The number of hydrogen-bond acceptors (Lipinski definition) is 2. The molecule has 17 heavy (non-hydrogen) atoms. The molecule has 0 heterocycles. The van der Waals surface area contributed by atoms with Crippen LogP contribution in [0.5, 0.6) is 0 Å². The number of nitrogens with one attached hydrogen (secondary N) is 1. The minimum atomic E-state index is -1.01. The average molecular weight is 242 g/mol. The second kappa shape index (κ2) is 6.47. The molecular weight excluding hydrogens is 220 g/mol. The van der Waals surface area contributed by atoms with Crippen molar-refractivity contribution in [3.05, 3.63) is 0 Å². The third-order valence-electron chi connectivity index (χ3n) is 2.98. The topological polar surface area (TPSA) is 69.6 Å². The van der Waals surface area contributed by atoms with Gasteiger partial charge in [0.2, 0.25) is 0 Å². The number of carbonyl (C=O) groups excluding carboxylic acids is 1. The van der Waals surface area contributed by atoms with Gasteiger partial charge in [0.05, 0.1) is 0 Å². The number of aliphatic carboxylic acids is 1. The first-order chi connectivity index (χ1) is 8.00. The molecule has 0 unspecified atom stereocenters. The number of urea groups is 1. The lowest BCUT2D eigenvalue weighted by molar-refractivity contribution is -0.135. The number of hydrogen-bond donors (Lipinski definition) is 2. The molecular formula is C12H22N2O3. The van der Waals surface area contributed by atoms with Gasteiger partial charge in [-0.05, 0) is 18.8 Å². The molecule has 98 valence electrons. The van der Waals surface area contributed by atoms with Gasteiger partial charge >= 0.3 is 12.0 Å². The van der Waals surface area contributed by atoms with Gasteiger partial charge in [-0.15, -0.1) is 0 Å². The Bertz CT molecular complexity index is 273. The Morgan fingerprint density at radius 3 is 2.41 bits per heavy atom. The zero-order valence-corrected chi connectivity index (χ0v) is 10.6. The van der Waals surface area contributed by atoms with E-state index in [1.165, 1.54) is 0 Å². The van der Waals surface area contributed by atoms with E-state index in [4.69, 9.17) is 5.11 Å². The molecule has 0 atom stereocenters. The molecule has 0 aromatic heterocycles. The summed E-state index contributed by atoms with van der Waals surface area (Å²) in [6.07, 6.45) is 4.39. The summed E-state index contributed by atoms with van der Waals surface area (Å²) in [5.41, 5.74) is 0. The molecule has 2 N–H and O–H groups in total. The molecule has 0 saturated heterocycles. The van der Waals surface area contributed by atoms with Gasteiger partial charge in [-0.3, -0.25) is 4.79 Å². The molecule has 0 bridgehead atoms. The van der Waals surface area contributed by atoms with Crippen LogP contribution in [0.1, 0.15) is 39.5 Å². The van der Waals surface area contributed by atoms with Crippen molar-refractivity contribution < 1.29 is 14.7 Å². The Hall–Kier alpha value is -1.26. The summed E-state index contributed by atoms with van der Waals surface area (Å²) in [6.45, 7) is 4.51. The van der Waals surface area contributed by atoms with Crippen molar-refractivity contribution in [2.45, 2.75) is 45.6 Å². The Morgan fingerprint density at radius 2 is 1.94 bits per heavy atom. The summed E-state index contributed by atoms with van der Waals surface area (Å²) < 4.78 is 0. The molecule has 5 heteroatoms. The predicted octanol–water partition coefficient (Wildman–Crippen LogP) is 1.68. The molecule has 0 aromatic rings. The van der Waals surface area contributed by atoms with E-state index < -0.39 is 5.97 Å². The number of amides is 2. The molecule has 1 saturated carbocycles. The van der Waals surface area contributed by atoms with E-state index in [0.717, 1.165) is 25.7 Å². The maximum absolute atomic E-state index is 11.9. The Kier molecular flexibility index (Phi) is 5.25. The molecule has 0 spiro atoms. The lowest BCUT2D eigenvalue weighted by Gasteiger charge is -2.30. The van der Waals surface area contributed by atoms with Crippen LogP contribution >= 0.6 is 0 Å². The van der Waals surface area contributed by atoms with Crippen molar-refractivity contribution >= 4 is 12.0 Å². The average Bonchev–Trinajstić information content (AvgIpc) is 2.75. The molecule has 0 aliphatic heterocycles. The van der Waals surface area contributed by atoms with Crippen LogP contribution in [-0.2, 0) is 4.79 Å². The first-order valence-corrected chi connectivity index (χ1v) is 6.27. The summed E-state index contributed by atoms with van der Waals surface area (Å²) in [4.78, 5) is 24.2. The van der Waals surface area contributed by atoms with Gasteiger partial charge < -0.3 is 15.3 Å². The van der Waals surface area contributed by atoms with E-state index in [1.54, 1.807) is 4.90 Å². The number of carbonyl (C=O) groups is 2. The minimum absolute atomic E-state index is 0.243. The molecule has 1 rings (SSSR count). The molecule has 1 aliphatic carbocycles. The van der Waals surface area contributed by atoms with Crippen LogP contribution in [0.2, 0.25) is 0 Å². The van der Waals surface area contributed by atoms with Crippen molar-refractivity contribution in [2.24, 2.45) is 5.92 Å². The first kappa shape index (κ1) is 13.8. The maximum Gasteiger partial charge on any atom is 0.323 e. The highest BCUT2D eigenvalue weighted by molar-refractivity contribution is 5.80. The van der Waals surface area contributed by atoms with E-state index >= 15 is 0 Å². The zero-order valence-electron chi connectivity index (χ0n) is 10.6. The summed E-state index contributed by atoms with van der Waals surface area (Å²) >= 11 is 0. The number of rotatable bonds is 5. The van der Waals surface area contributed by atoms with Gasteiger partial charge in [-0.2, -0.15) is 0 Å².